The molecule has 2 aromatic rings. The molecule has 0 radical (unpaired) electrons. The molecule has 3 N–H and O–H groups in total. The van der Waals surface area contributed by atoms with Crippen LogP contribution in [-0.2, 0) is 0 Å². The smallest absolute Gasteiger partial charge is 0.136 e. The van der Waals surface area contributed by atoms with Gasteiger partial charge in [-0.05, 0) is 30.7 Å². The van der Waals surface area contributed by atoms with Gasteiger partial charge in [0.2, 0.25) is 0 Å². The molecule has 0 bridgehead atoms. The first-order valence-electron chi connectivity index (χ1n) is 5.32. The quantitative estimate of drug-likeness (QED) is 0.743. The number of hydrogen-bond donors (Lipinski definition) is 1. The summed E-state index contributed by atoms with van der Waals surface area (Å²) in [7, 11) is 0. The highest BCUT2D eigenvalue weighted by atomic mass is 35.5. The topological polar surface area (TPSA) is 27.6 Å². The van der Waals surface area contributed by atoms with Crippen LogP contribution in [0, 0.1) is 12.7 Å². The van der Waals surface area contributed by atoms with Crippen molar-refractivity contribution in [2.75, 3.05) is 0 Å². The van der Waals surface area contributed by atoms with Crippen LogP contribution in [0.15, 0.2) is 48.5 Å². The van der Waals surface area contributed by atoms with E-state index in [0.29, 0.717) is 0 Å². The van der Waals surface area contributed by atoms with Gasteiger partial charge in [-0.3, -0.25) is 0 Å². The molecule has 17 heavy (non-hydrogen) atoms. The van der Waals surface area contributed by atoms with E-state index in [4.69, 9.17) is 0 Å². The van der Waals surface area contributed by atoms with Crippen LogP contribution < -0.4 is 18.1 Å². The van der Waals surface area contributed by atoms with Gasteiger partial charge in [-0.25, -0.2) is 4.39 Å². The molecule has 3 heteroatoms. The van der Waals surface area contributed by atoms with Gasteiger partial charge in [0, 0.05) is 11.1 Å². The monoisotopic (exact) mass is 251 g/mol. The van der Waals surface area contributed by atoms with Crippen molar-refractivity contribution in [1.82, 2.24) is 0 Å². The van der Waals surface area contributed by atoms with Gasteiger partial charge in [0.25, 0.3) is 0 Å². The molecule has 0 heterocycles. The van der Waals surface area contributed by atoms with E-state index in [0.717, 1.165) is 16.7 Å². The minimum absolute atomic E-state index is 0. The van der Waals surface area contributed by atoms with Crippen LogP contribution in [-0.4, -0.2) is 0 Å². The maximum Gasteiger partial charge on any atom is 0.136 e. The van der Waals surface area contributed by atoms with Gasteiger partial charge in [-0.15, -0.1) is 0 Å². The zero-order valence-corrected chi connectivity index (χ0v) is 10.4. The standard InChI is InChI=1S/C14H14FN.ClH/c1-10-9-12(15)7-8-13(10)14(16)11-5-3-2-4-6-11;/h2-9,14H,16H2,1H3;1H. The molecule has 0 aliphatic carbocycles. The Balaban J connectivity index is 0.00000144. The number of aryl methyl sites for hydroxylation is 1. The number of benzene rings is 2. The van der Waals surface area contributed by atoms with Gasteiger partial charge in [0.05, 0.1) is 0 Å². The summed E-state index contributed by atoms with van der Waals surface area (Å²) in [5.41, 5.74) is 7.32. The lowest BCUT2D eigenvalue weighted by Crippen LogP contribution is -3.00. The Morgan fingerprint density at radius 1 is 1.06 bits per heavy atom. The van der Waals surface area contributed by atoms with Crippen molar-refractivity contribution in [3.63, 3.8) is 0 Å². The van der Waals surface area contributed by atoms with Crippen molar-refractivity contribution < 1.29 is 22.5 Å². The molecule has 0 aliphatic rings. The zero-order valence-electron chi connectivity index (χ0n) is 9.66. The minimum Gasteiger partial charge on any atom is -1.00 e. The molecule has 0 aromatic heterocycles. The molecule has 0 saturated heterocycles. The van der Waals surface area contributed by atoms with Crippen LogP contribution in [0.4, 0.5) is 4.39 Å². The van der Waals surface area contributed by atoms with Gasteiger partial charge in [-0.1, -0.05) is 30.3 Å². The maximum atomic E-state index is 13.0. The van der Waals surface area contributed by atoms with E-state index < -0.39 is 0 Å². The van der Waals surface area contributed by atoms with Crippen molar-refractivity contribution in [1.29, 1.82) is 0 Å². The molecule has 0 saturated carbocycles. The maximum absolute atomic E-state index is 13.0. The average molecular weight is 252 g/mol. The van der Waals surface area contributed by atoms with Crippen LogP contribution in [0.2, 0.25) is 0 Å². The second-order valence-electron chi connectivity index (χ2n) is 3.96. The van der Waals surface area contributed by atoms with E-state index in [1.165, 1.54) is 6.07 Å². The molecule has 1 atom stereocenters. The van der Waals surface area contributed by atoms with Crippen molar-refractivity contribution in [2.45, 2.75) is 13.0 Å². The van der Waals surface area contributed by atoms with Crippen molar-refractivity contribution in [3.05, 3.63) is 71.0 Å². The molecular weight excluding hydrogens is 237 g/mol. The van der Waals surface area contributed by atoms with E-state index in [2.05, 4.69) is 5.73 Å². The Morgan fingerprint density at radius 3 is 2.29 bits per heavy atom. The van der Waals surface area contributed by atoms with E-state index in [1.807, 2.05) is 43.3 Å². The lowest BCUT2D eigenvalue weighted by molar-refractivity contribution is -0.411. The number of hydrogen-bond acceptors (Lipinski definition) is 0. The molecule has 0 amide bonds. The molecule has 2 rings (SSSR count). The Hall–Kier alpha value is -1.38. The molecule has 1 unspecified atom stereocenters. The highest BCUT2D eigenvalue weighted by Crippen LogP contribution is 2.21. The molecule has 90 valence electrons. The first-order valence-corrected chi connectivity index (χ1v) is 5.32. The van der Waals surface area contributed by atoms with Crippen molar-refractivity contribution in [2.24, 2.45) is 0 Å². The summed E-state index contributed by atoms with van der Waals surface area (Å²) in [6.45, 7) is 1.92. The first-order chi connectivity index (χ1) is 7.68. The fourth-order valence-electron chi connectivity index (χ4n) is 1.89. The van der Waals surface area contributed by atoms with E-state index >= 15 is 0 Å². The molecule has 0 aliphatic heterocycles. The highest BCUT2D eigenvalue weighted by molar-refractivity contribution is 5.34. The summed E-state index contributed by atoms with van der Waals surface area (Å²) in [6, 6.07) is 15.0. The van der Waals surface area contributed by atoms with Gasteiger partial charge in [-0.2, -0.15) is 0 Å². The Bertz CT molecular complexity index is 485. The second kappa shape index (κ2) is 5.80. The summed E-state index contributed by atoms with van der Waals surface area (Å²) >= 11 is 0. The van der Waals surface area contributed by atoms with E-state index in [1.54, 1.807) is 6.07 Å². The third-order valence-electron chi connectivity index (χ3n) is 2.81. The van der Waals surface area contributed by atoms with Crippen LogP contribution in [0.1, 0.15) is 22.7 Å². The third kappa shape index (κ3) is 3.05. The largest absolute Gasteiger partial charge is 1.00 e. The zero-order chi connectivity index (χ0) is 11.5. The SMILES string of the molecule is Cc1cc(F)ccc1C([NH3+])c1ccccc1.[Cl-]. The Labute approximate surface area is 107 Å². The lowest BCUT2D eigenvalue weighted by atomic mass is 9.96. The Kier molecular flexibility index (Phi) is 4.67. The summed E-state index contributed by atoms with van der Waals surface area (Å²) in [6.07, 6.45) is 0. The van der Waals surface area contributed by atoms with Gasteiger partial charge >= 0.3 is 0 Å². The third-order valence-corrected chi connectivity index (χ3v) is 2.81. The summed E-state index contributed by atoms with van der Waals surface area (Å²) in [5, 5.41) is 0. The number of halogens is 2. The van der Waals surface area contributed by atoms with Crippen molar-refractivity contribution in [3.8, 4) is 0 Å². The average Bonchev–Trinajstić information content (AvgIpc) is 2.29. The fourth-order valence-corrected chi connectivity index (χ4v) is 1.89. The summed E-state index contributed by atoms with van der Waals surface area (Å²) < 4.78 is 13.0. The molecule has 1 nitrogen and oxygen atoms in total. The highest BCUT2D eigenvalue weighted by Gasteiger charge is 2.14. The molecular formula is C14H15ClFN. The van der Waals surface area contributed by atoms with Crippen molar-refractivity contribution >= 4 is 0 Å². The van der Waals surface area contributed by atoms with E-state index in [9.17, 15) is 4.39 Å². The Morgan fingerprint density at radius 2 is 1.71 bits per heavy atom. The van der Waals surface area contributed by atoms with Crippen LogP contribution >= 0.6 is 0 Å². The van der Waals surface area contributed by atoms with Crippen LogP contribution in [0.25, 0.3) is 0 Å². The van der Waals surface area contributed by atoms with Crippen LogP contribution in [0.5, 0.6) is 0 Å². The number of quaternary nitrogens is 1. The summed E-state index contributed by atoms with van der Waals surface area (Å²) in [4.78, 5) is 0. The predicted octanol–water partition coefficient (Wildman–Crippen LogP) is -0.531. The fraction of sp³-hybridized carbons (Fsp3) is 0.143. The van der Waals surface area contributed by atoms with Crippen LogP contribution in [0.3, 0.4) is 0 Å². The normalized spacial score (nSPS) is 11.7. The first kappa shape index (κ1) is 13.7. The number of rotatable bonds is 2. The minimum atomic E-state index is -0.193. The molecule has 2 aromatic carbocycles. The van der Waals surface area contributed by atoms with Gasteiger partial charge in [0.15, 0.2) is 0 Å². The van der Waals surface area contributed by atoms with Gasteiger partial charge in [0.1, 0.15) is 11.9 Å². The summed E-state index contributed by atoms with van der Waals surface area (Å²) in [5.74, 6) is -0.193. The van der Waals surface area contributed by atoms with E-state index in [-0.39, 0.29) is 24.3 Å². The molecule has 0 fully saturated rings. The molecule has 0 spiro atoms. The van der Waals surface area contributed by atoms with Gasteiger partial charge < -0.3 is 18.1 Å². The predicted molar refractivity (Wildman–Crippen MR) is 62.3 cm³/mol. The lowest BCUT2D eigenvalue weighted by Gasteiger charge is -2.11. The second-order valence-corrected chi connectivity index (χ2v) is 3.96.